The molecule has 1 aliphatic carbocycles. The van der Waals surface area contributed by atoms with Gasteiger partial charge in [-0.3, -0.25) is 0 Å². The van der Waals surface area contributed by atoms with Crippen molar-refractivity contribution in [2.24, 2.45) is 0 Å². The minimum atomic E-state index is -0.826. The predicted octanol–water partition coefficient (Wildman–Crippen LogP) is 1.50. The zero-order valence-electron chi connectivity index (χ0n) is 16.5. The minimum absolute atomic E-state index is 0.0361. The quantitative estimate of drug-likeness (QED) is 0.472. The van der Waals surface area contributed by atoms with Crippen LogP contribution in [0, 0.1) is 11.6 Å². The number of hydrogen-bond donors (Lipinski definition) is 2. The van der Waals surface area contributed by atoms with Gasteiger partial charge in [0.15, 0.2) is 17.5 Å². The molecule has 1 saturated heterocycles. The molecule has 2 N–H and O–H groups in total. The summed E-state index contributed by atoms with van der Waals surface area (Å²) in [5.74, 6) is 0.0104. The van der Waals surface area contributed by atoms with E-state index in [-0.39, 0.29) is 12.0 Å². The second-order valence-corrected chi connectivity index (χ2v) is 7.86. The molecule has 13 heteroatoms. The molecule has 32 heavy (non-hydrogen) atoms. The highest BCUT2D eigenvalue weighted by Gasteiger charge is 2.34. The molecule has 0 radical (unpaired) electrons. The molecule has 0 saturated carbocycles. The Balaban J connectivity index is 1.08. The standard InChI is InChI=1S/C19H16F2N10O/c20-14-3-9-1-13(2-10(9)4-15(14)21)24-18-22-5-11(6-23-18)17-27-28-19(32-17)31-7-12(8-31)16-25-29-30-26-16/h3-6,12-13H,1-2,7-8H2,(H,22,23,24)(H,25,26,29,30). The average molecular weight is 438 g/mol. The van der Waals surface area contributed by atoms with E-state index in [9.17, 15) is 8.78 Å². The Hall–Kier alpha value is -4.03. The zero-order valence-corrected chi connectivity index (χ0v) is 16.5. The van der Waals surface area contributed by atoms with Crippen molar-refractivity contribution in [2.75, 3.05) is 23.3 Å². The summed E-state index contributed by atoms with van der Waals surface area (Å²) in [4.78, 5) is 10.6. The van der Waals surface area contributed by atoms with Gasteiger partial charge in [0.2, 0.25) is 5.95 Å². The van der Waals surface area contributed by atoms with Crippen LogP contribution in [0.15, 0.2) is 28.9 Å². The number of nitrogens with zero attached hydrogens (tertiary/aromatic N) is 8. The first kappa shape index (κ1) is 18.7. The van der Waals surface area contributed by atoms with E-state index in [0.717, 1.165) is 17.0 Å². The molecule has 4 aromatic rings. The van der Waals surface area contributed by atoms with Crippen LogP contribution in [0.2, 0.25) is 0 Å². The van der Waals surface area contributed by atoms with Crippen molar-refractivity contribution < 1.29 is 13.2 Å². The van der Waals surface area contributed by atoms with Crippen molar-refractivity contribution in [3.05, 3.63) is 53.1 Å². The summed E-state index contributed by atoms with van der Waals surface area (Å²) in [6, 6.07) is 2.89. The van der Waals surface area contributed by atoms with Crippen LogP contribution >= 0.6 is 0 Å². The Bertz CT molecular complexity index is 1220. The van der Waals surface area contributed by atoms with Crippen molar-refractivity contribution in [1.82, 2.24) is 40.8 Å². The van der Waals surface area contributed by atoms with E-state index in [0.29, 0.717) is 49.3 Å². The predicted molar refractivity (Wildman–Crippen MR) is 106 cm³/mol. The number of halogens is 2. The second-order valence-electron chi connectivity index (χ2n) is 7.86. The molecule has 0 atom stereocenters. The normalized spacial score (nSPS) is 16.2. The molecular formula is C19H16F2N10O. The largest absolute Gasteiger partial charge is 0.403 e. The van der Waals surface area contributed by atoms with E-state index in [1.165, 1.54) is 12.1 Å². The average Bonchev–Trinajstić information content (AvgIpc) is 3.50. The lowest BCUT2D eigenvalue weighted by molar-refractivity contribution is 0.443. The van der Waals surface area contributed by atoms with Gasteiger partial charge in [0.25, 0.3) is 5.89 Å². The maximum Gasteiger partial charge on any atom is 0.318 e. The van der Waals surface area contributed by atoms with Gasteiger partial charge >= 0.3 is 6.01 Å². The number of rotatable bonds is 5. The summed E-state index contributed by atoms with van der Waals surface area (Å²) in [6.45, 7) is 1.35. The smallest absolute Gasteiger partial charge is 0.318 e. The van der Waals surface area contributed by atoms with Crippen LogP contribution in [0.5, 0.6) is 0 Å². The number of fused-ring (bicyclic) bond motifs is 1. The number of aromatic nitrogens is 8. The first-order valence-corrected chi connectivity index (χ1v) is 10.00. The van der Waals surface area contributed by atoms with Crippen molar-refractivity contribution in [2.45, 2.75) is 24.8 Å². The molecular weight excluding hydrogens is 422 g/mol. The third-order valence-electron chi connectivity index (χ3n) is 5.72. The summed E-state index contributed by atoms with van der Waals surface area (Å²) in [5.41, 5.74) is 2.18. The van der Waals surface area contributed by atoms with Crippen molar-refractivity contribution in [1.29, 1.82) is 0 Å². The highest BCUT2D eigenvalue weighted by Crippen LogP contribution is 2.30. The molecule has 11 nitrogen and oxygen atoms in total. The topological polar surface area (TPSA) is 134 Å². The van der Waals surface area contributed by atoms with Crippen LogP contribution in [-0.4, -0.2) is 59.9 Å². The Morgan fingerprint density at radius 1 is 1.00 bits per heavy atom. The van der Waals surface area contributed by atoms with Crippen LogP contribution in [0.4, 0.5) is 20.7 Å². The maximum atomic E-state index is 13.4. The molecule has 4 heterocycles. The summed E-state index contributed by atoms with van der Waals surface area (Å²) in [6.07, 6.45) is 4.33. The minimum Gasteiger partial charge on any atom is -0.403 e. The Labute approximate surface area is 179 Å². The van der Waals surface area contributed by atoms with E-state index < -0.39 is 11.6 Å². The second kappa shape index (κ2) is 7.28. The first-order valence-electron chi connectivity index (χ1n) is 10.00. The lowest BCUT2D eigenvalue weighted by atomic mass is 10.0. The molecule has 2 aliphatic rings. The van der Waals surface area contributed by atoms with E-state index in [2.05, 4.69) is 46.1 Å². The molecule has 1 aliphatic heterocycles. The lowest BCUT2D eigenvalue weighted by Crippen LogP contribution is -2.45. The molecule has 1 aromatic carbocycles. The fraction of sp³-hybridized carbons (Fsp3) is 0.316. The lowest BCUT2D eigenvalue weighted by Gasteiger charge is -2.35. The molecule has 0 spiro atoms. The number of H-pyrrole nitrogens is 1. The zero-order chi connectivity index (χ0) is 21.7. The van der Waals surface area contributed by atoms with Crippen LogP contribution in [-0.2, 0) is 12.8 Å². The van der Waals surface area contributed by atoms with E-state index in [1.54, 1.807) is 12.4 Å². The summed E-state index contributed by atoms with van der Waals surface area (Å²) < 4.78 is 32.6. The number of tetrazole rings is 1. The number of anilines is 2. The Morgan fingerprint density at radius 2 is 1.72 bits per heavy atom. The summed E-state index contributed by atoms with van der Waals surface area (Å²) >= 11 is 0. The first-order chi connectivity index (χ1) is 15.6. The van der Waals surface area contributed by atoms with Gasteiger partial charge in [0.05, 0.1) is 11.5 Å². The number of benzene rings is 1. The van der Waals surface area contributed by atoms with Crippen LogP contribution in [0.25, 0.3) is 11.5 Å². The fourth-order valence-corrected chi connectivity index (χ4v) is 4.02. The number of hydrogen-bond acceptors (Lipinski definition) is 10. The van der Waals surface area contributed by atoms with Gasteiger partial charge < -0.3 is 14.6 Å². The van der Waals surface area contributed by atoms with E-state index in [4.69, 9.17) is 4.42 Å². The van der Waals surface area contributed by atoms with Crippen molar-refractivity contribution in [3.8, 4) is 11.5 Å². The number of nitrogens with one attached hydrogen (secondary N) is 2. The van der Waals surface area contributed by atoms with Crippen molar-refractivity contribution >= 4 is 12.0 Å². The number of aromatic amines is 1. The highest BCUT2D eigenvalue weighted by molar-refractivity contribution is 5.52. The van der Waals surface area contributed by atoms with Gasteiger partial charge in [-0.1, -0.05) is 5.10 Å². The Morgan fingerprint density at radius 3 is 2.38 bits per heavy atom. The Kier molecular flexibility index (Phi) is 4.26. The summed E-state index contributed by atoms with van der Waals surface area (Å²) in [7, 11) is 0. The molecule has 0 unspecified atom stereocenters. The molecule has 1 fully saturated rings. The van der Waals surface area contributed by atoms with Gasteiger partial charge in [0, 0.05) is 31.5 Å². The molecule has 162 valence electrons. The molecule has 3 aromatic heterocycles. The monoisotopic (exact) mass is 438 g/mol. The molecule has 6 rings (SSSR count). The van der Waals surface area contributed by atoms with Crippen molar-refractivity contribution in [3.63, 3.8) is 0 Å². The maximum absolute atomic E-state index is 13.4. The molecule has 0 amide bonds. The van der Waals surface area contributed by atoms with Crippen LogP contribution < -0.4 is 10.2 Å². The fourth-order valence-electron chi connectivity index (χ4n) is 4.02. The van der Waals surface area contributed by atoms with Gasteiger partial charge in [-0.15, -0.1) is 10.2 Å². The van der Waals surface area contributed by atoms with Crippen LogP contribution in [0.1, 0.15) is 22.9 Å². The van der Waals surface area contributed by atoms with Crippen LogP contribution in [0.3, 0.4) is 0 Å². The van der Waals surface area contributed by atoms with Gasteiger partial charge in [-0.05, 0) is 46.5 Å². The third kappa shape index (κ3) is 3.31. The third-order valence-corrected chi connectivity index (χ3v) is 5.72. The van der Waals surface area contributed by atoms with Gasteiger partial charge in [-0.25, -0.2) is 23.8 Å². The summed E-state index contributed by atoms with van der Waals surface area (Å²) in [5, 5.41) is 25.2. The van der Waals surface area contributed by atoms with E-state index >= 15 is 0 Å². The van der Waals surface area contributed by atoms with Gasteiger partial charge in [-0.2, -0.15) is 0 Å². The SMILES string of the molecule is Fc1cc2c(cc1F)CC(Nc1ncc(-c3nnc(N4CC(c5nnn[nH]5)C4)o3)cn1)C2. The van der Waals surface area contributed by atoms with E-state index in [1.807, 2.05) is 4.90 Å². The molecule has 0 bridgehead atoms. The van der Waals surface area contributed by atoms with Gasteiger partial charge in [0.1, 0.15) is 0 Å². The highest BCUT2D eigenvalue weighted by atomic mass is 19.2.